The molecule has 1 aliphatic carbocycles. The molecule has 0 spiro atoms. The molecule has 2 fully saturated rings. The van der Waals surface area contributed by atoms with E-state index in [2.05, 4.69) is 20.8 Å². The molecule has 7 nitrogen and oxygen atoms in total. The van der Waals surface area contributed by atoms with Crippen molar-refractivity contribution in [1.29, 1.82) is 0 Å². The van der Waals surface area contributed by atoms with Gasteiger partial charge in [0.05, 0.1) is 6.54 Å². The van der Waals surface area contributed by atoms with Gasteiger partial charge in [0.25, 0.3) is 0 Å². The maximum absolute atomic E-state index is 13.1. The van der Waals surface area contributed by atoms with Gasteiger partial charge in [0, 0.05) is 25.2 Å². The van der Waals surface area contributed by atoms with Crippen LogP contribution in [0.4, 0.5) is 8.78 Å². The molecule has 23 heavy (non-hydrogen) atoms. The number of nitrogens with one attached hydrogen (secondary N) is 2. The average Bonchev–Trinajstić information content (AvgIpc) is 3.14. The highest BCUT2D eigenvalue weighted by molar-refractivity contribution is 5.90. The predicted molar refractivity (Wildman–Crippen MR) is 73.5 cm³/mol. The molecule has 3 rings (SSSR count). The molecule has 1 aromatic heterocycles. The summed E-state index contributed by atoms with van der Waals surface area (Å²) in [7, 11) is 0. The topological polar surface area (TPSA) is 97.1 Å². The number of hydrogen-bond donors (Lipinski definition) is 2. The monoisotopic (exact) mass is 328 g/mol. The number of hydrogen-bond acceptors (Lipinski definition) is 5. The summed E-state index contributed by atoms with van der Waals surface area (Å²) in [5.74, 6) is -2.51. The van der Waals surface area contributed by atoms with E-state index in [0.717, 1.165) is 0 Å². The lowest BCUT2D eigenvalue weighted by Gasteiger charge is -2.26. The van der Waals surface area contributed by atoms with E-state index in [1.165, 1.54) is 0 Å². The van der Waals surface area contributed by atoms with Crippen LogP contribution in [0.1, 0.15) is 56.2 Å². The third-order valence-corrected chi connectivity index (χ3v) is 4.29. The molecule has 0 radical (unpaired) electrons. The lowest BCUT2D eigenvalue weighted by molar-refractivity contribution is -0.125. The Kier molecular flexibility index (Phi) is 4.27. The van der Waals surface area contributed by atoms with Crippen LogP contribution in [0, 0.1) is 0 Å². The second-order valence-corrected chi connectivity index (χ2v) is 6.05. The first-order chi connectivity index (χ1) is 10.9. The van der Waals surface area contributed by atoms with Crippen LogP contribution in [-0.4, -0.2) is 33.9 Å². The Bertz CT molecular complexity index is 595. The van der Waals surface area contributed by atoms with Crippen LogP contribution in [-0.2, 0) is 16.1 Å². The normalized spacial score (nSPS) is 24.4. The highest BCUT2D eigenvalue weighted by Gasteiger charge is 2.37. The van der Waals surface area contributed by atoms with Gasteiger partial charge in [0.1, 0.15) is 6.04 Å². The Hall–Kier alpha value is -2.06. The van der Waals surface area contributed by atoms with Gasteiger partial charge in [-0.15, -0.1) is 0 Å². The van der Waals surface area contributed by atoms with Crippen LogP contribution in [0.5, 0.6) is 0 Å². The van der Waals surface area contributed by atoms with Crippen molar-refractivity contribution < 1.29 is 22.9 Å². The lowest BCUT2D eigenvalue weighted by atomic mass is 9.86. The van der Waals surface area contributed by atoms with Crippen molar-refractivity contribution in [2.45, 2.75) is 63.0 Å². The summed E-state index contributed by atoms with van der Waals surface area (Å²) in [6.45, 7) is 0.0566. The van der Waals surface area contributed by atoms with Crippen molar-refractivity contribution in [3.63, 3.8) is 0 Å². The van der Waals surface area contributed by atoms with Crippen molar-refractivity contribution in [1.82, 2.24) is 20.8 Å². The maximum Gasteiger partial charge on any atom is 0.248 e. The van der Waals surface area contributed by atoms with E-state index in [1.54, 1.807) is 0 Å². The van der Waals surface area contributed by atoms with E-state index in [4.69, 9.17) is 4.52 Å². The Morgan fingerprint density at radius 1 is 1.35 bits per heavy atom. The molecule has 126 valence electrons. The highest BCUT2D eigenvalue weighted by Crippen LogP contribution is 2.39. The van der Waals surface area contributed by atoms with Crippen LogP contribution < -0.4 is 10.6 Å². The van der Waals surface area contributed by atoms with Gasteiger partial charge >= 0.3 is 0 Å². The number of nitrogens with zero attached hydrogens (tertiary/aromatic N) is 2. The fraction of sp³-hybridized carbons (Fsp3) is 0.714. The summed E-state index contributed by atoms with van der Waals surface area (Å²) in [5.41, 5.74) is 0. The van der Waals surface area contributed by atoms with E-state index >= 15 is 0 Å². The number of halogens is 2. The van der Waals surface area contributed by atoms with Crippen LogP contribution in [0.3, 0.4) is 0 Å². The fourth-order valence-corrected chi connectivity index (χ4v) is 2.90. The number of aromatic nitrogens is 2. The molecule has 0 bridgehead atoms. The molecule has 1 aliphatic heterocycles. The maximum atomic E-state index is 13.1. The van der Waals surface area contributed by atoms with Gasteiger partial charge in [0.15, 0.2) is 5.82 Å². The summed E-state index contributed by atoms with van der Waals surface area (Å²) in [6.07, 6.45) is 1.13. The first kappa shape index (κ1) is 15.8. The molecule has 2 amide bonds. The van der Waals surface area contributed by atoms with Gasteiger partial charge in [-0.05, 0) is 19.3 Å². The van der Waals surface area contributed by atoms with Gasteiger partial charge in [-0.1, -0.05) is 5.16 Å². The van der Waals surface area contributed by atoms with Crippen LogP contribution in [0.15, 0.2) is 4.52 Å². The first-order valence-corrected chi connectivity index (χ1v) is 7.70. The molecule has 0 unspecified atom stereocenters. The SMILES string of the molecule is O=C1CC[C@@H](C(=O)NCc2nc(C3CCC(F)(F)CC3)no2)N1. The summed E-state index contributed by atoms with van der Waals surface area (Å²) in [5, 5.41) is 9.01. The molecule has 0 aromatic carbocycles. The molecule has 9 heteroatoms. The summed E-state index contributed by atoms with van der Waals surface area (Å²) in [6, 6.07) is -0.523. The Labute approximate surface area is 131 Å². The number of alkyl halides is 2. The third kappa shape index (κ3) is 3.83. The van der Waals surface area contributed by atoms with Crippen molar-refractivity contribution in [2.75, 3.05) is 0 Å². The van der Waals surface area contributed by atoms with Crippen molar-refractivity contribution in [3.05, 3.63) is 11.7 Å². The van der Waals surface area contributed by atoms with Gasteiger partial charge in [-0.25, -0.2) is 8.78 Å². The molecular weight excluding hydrogens is 310 g/mol. The minimum absolute atomic E-state index is 0.0566. The second kappa shape index (κ2) is 6.21. The van der Waals surface area contributed by atoms with Crippen molar-refractivity contribution >= 4 is 11.8 Å². The van der Waals surface area contributed by atoms with Crippen LogP contribution in [0.2, 0.25) is 0 Å². The number of amides is 2. The van der Waals surface area contributed by atoms with E-state index in [-0.39, 0.29) is 43.0 Å². The van der Waals surface area contributed by atoms with Crippen LogP contribution in [0.25, 0.3) is 0 Å². The standard InChI is InChI=1S/C14H18F2N4O3/c15-14(16)5-3-8(4-6-14)12-19-11(23-20-12)7-17-13(22)9-1-2-10(21)18-9/h8-9H,1-7H2,(H,17,22)(H,18,21)/t9-/m0/s1. The first-order valence-electron chi connectivity index (χ1n) is 7.70. The number of carbonyl (C=O) groups excluding carboxylic acids is 2. The Morgan fingerprint density at radius 3 is 2.74 bits per heavy atom. The molecule has 1 atom stereocenters. The van der Waals surface area contributed by atoms with Crippen molar-refractivity contribution in [2.24, 2.45) is 0 Å². The molecule has 1 aromatic rings. The van der Waals surface area contributed by atoms with E-state index in [1.807, 2.05) is 0 Å². The lowest BCUT2D eigenvalue weighted by Crippen LogP contribution is -2.41. The smallest absolute Gasteiger partial charge is 0.248 e. The molecule has 1 saturated carbocycles. The molecule has 1 saturated heterocycles. The summed E-state index contributed by atoms with van der Waals surface area (Å²) >= 11 is 0. The zero-order valence-corrected chi connectivity index (χ0v) is 12.5. The summed E-state index contributed by atoms with van der Waals surface area (Å²) < 4.78 is 31.3. The van der Waals surface area contributed by atoms with Gasteiger partial charge in [0.2, 0.25) is 23.6 Å². The van der Waals surface area contributed by atoms with Gasteiger partial charge in [-0.2, -0.15) is 4.98 Å². The largest absolute Gasteiger partial charge is 0.345 e. The molecular formula is C14H18F2N4O3. The third-order valence-electron chi connectivity index (χ3n) is 4.29. The fourth-order valence-electron chi connectivity index (χ4n) is 2.90. The number of carbonyl (C=O) groups is 2. The van der Waals surface area contributed by atoms with E-state index in [9.17, 15) is 18.4 Å². The quantitative estimate of drug-likeness (QED) is 0.867. The van der Waals surface area contributed by atoms with Gasteiger partial charge < -0.3 is 15.2 Å². The summed E-state index contributed by atoms with van der Waals surface area (Å²) in [4.78, 5) is 27.1. The minimum Gasteiger partial charge on any atom is -0.345 e. The number of rotatable bonds is 4. The van der Waals surface area contributed by atoms with Crippen molar-refractivity contribution in [3.8, 4) is 0 Å². The zero-order chi connectivity index (χ0) is 16.4. The Balaban J connectivity index is 1.50. The van der Waals surface area contributed by atoms with E-state index < -0.39 is 12.0 Å². The average molecular weight is 328 g/mol. The van der Waals surface area contributed by atoms with Gasteiger partial charge in [-0.3, -0.25) is 9.59 Å². The molecule has 2 aliphatic rings. The van der Waals surface area contributed by atoms with E-state index in [0.29, 0.717) is 31.5 Å². The Morgan fingerprint density at radius 2 is 2.09 bits per heavy atom. The molecule has 2 N–H and O–H groups in total. The van der Waals surface area contributed by atoms with Crippen LogP contribution >= 0.6 is 0 Å². The second-order valence-electron chi connectivity index (χ2n) is 6.05. The highest BCUT2D eigenvalue weighted by atomic mass is 19.3. The predicted octanol–water partition coefficient (Wildman–Crippen LogP) is 1.26. The molecule has 2 heterocycles. The zero-order valence-electron chi connectivity index (χ0n) is 12.5. The minimum atomic E-state index is -2.59.